The summed E-state index contributed by atoms with van der Waals surface area (Å²) in [7, 11) is 0. The molecule has 122 valence electrons. The fourth-order valence-electron chi connectivity index (χ4n) is 2.47. The molecule has 0 saturated carbocycles. The van der Waals surface area contributed by atoms with Crippen LogP contribution < -0.4 is 5.32 Å². The molecule has 0 aliphatic rings. The van der Waals surface area contributed by atoms with Crippen molar-refractivity contribution in [2.45, 2.75) is 13.3 Å². The smallest absolute Gasteiger partial charge is 0.251 e. The lowest BCUT2D eigenvalue weighted by Crippen LogP contribution is -2.26. The molecule has 0 fully saturated rings. The second-order valence-electron chi connectivity index (χ2n) is 5.51. The molecule has 3 rings (SSSR count). The highest BCUT2D eigenvalue weighted by atomic mass is 19.1. The van der Waals surface area contributed by atoms with E-state index in [4.69, 9.17) is 0 Å². The second kappa shape index (κ2) is 7.08. The molecule has 5 heteroatoms. The van der Waals surface area contributed by atoms with Gasteiger partial charge in [-0.05, 0) is 42.8 Å². The van der Waals surface area contributed by atoms with Crippen LogP contribution in [-0.4, -0.2) is 22.2 Å². The van der Waals surface area contributed by atoms with Gasteiger partial charge in [0.1, 0.15) is 5.82 Å². The fraction of sp³-hybridized carbons (Fsp3) is 0.158. The SMILES string of the molecule is Cc1c(F)cccc1C(=O)NCCc1ccn(-c2ccccc2)n1. The van der Waals surface area contributed by atoms with E-state index in [2.05, 4.69) is 10.4 Å². The molecule has 1 N–H and O–H groups in total. The van der Waals surface area contributed by atoms with Gasteiger partial charge in [-0.3, -0.25) is 4.79 Å². The van der Waals surface area contributed by atoms with Crippen LogP contribution in [0.4, 0.5) is 4.39 Å². The number of carbonyl (C=O) groups excluding carboxylic acids is 1. The van der Waals surface area contributed by atoms with Crippen molar-refractivity contribution in [2.24, 2.45) is 0 Å². The van der Waals surface area contributed by atoms with Gasteiger partial charge in [0.25, 0.3) is 5.91 Å². The van der Waals surface area contributed by atoms with Crippen molar-refractivity contribution in [1.82, 2.24) is 15.1 Å². The van der Waals surface area contributed by atoms with Crippen molar-refractivity contribution in [2.75, 3.05) is 6.54 Å². The Morgan fingerprint density at radius 3 is 2.71 bits per heavy atom. The largest absolute Gasteiger partial charge is 0.352 e. The number of rotatable bonds is 5. The van der Waals surface area contributed by atoms with Crippen LogP contribution in [0.15, 0.2) is 60.8 Å². The van der Waals surface area contributed by atoms with Crippen LogP contribution in [0.3, 0.4) is 0 Å². The number of benzene rings is 2. The van der Waals surface area contributed by atoms with Crippen molar-refractivity contribution in [3.05, 3.63) is 83.4 Å². The molecule has 2 aromatic carbocycles. The van der Waals surface area contributed by atoms with E-state index in [1.54, 1.807) is 23.7 Å². The Kier molecular flexibility index (Phi) is 4.70. The third-order valence-corrected chi connectivity index (χ3v) is 3.84. The lowest BCUT2D eigenvalue weighted by Gasteiger charge is -2.07. The number of para-hydroxylation sites is 1. The van der Waals surface area contributed by atoms with Gasteiger partial charge in [-0.1, -0.05) is 24.3 Å². The normalized spacial score (nSPS) is 10.6. The lowest BCUT2D eigenvalue weighted by atomic mass is 10.1. The van der Waals surface area contributed by atoms with Crippen molar-refractivity contribution in [3.63, 3.8) is 0 Å². The van der Waals surface area contributed by atoms with Gasteiger partial charge in [-0.15, -0.1) is 0 Å². The van der Waals surface area contributed by atoms with E-state index in [-0.39, 0.29) is 11.7 Å². The topological polar surface area (TPSA) is 46.9 Å². The van der Waals surface area contributed by atoms with Gasteiger partial charge in [0.2, 0.25) is 0 Å². The Balaban J connectivity index is 1.58. The number of halogens is 1. The first-order valence-electron chi connectivity index (χ1n) is 7.78. The van der Waals surface area contributed by atoms with E-state index in [0.717, 1.165) is 11.4 Å². The number of nitrogens with zero attached hydrogens (tertiary/aromatic N) is 2. The van der Waals surface area contributed by atoms with E-state index < -0.39 is 0 Å². The number of carbonyl (C=O) groups is 1. The predicted molar refractivity (Wildman–Crippen MR) is 90.7 cm³/mol. The molecule has 0 bridgehead atoms. The van der Waals surface area contributed by atoms with Crippen molar-refractivity contribution >= 4 is 5.91 Å². The molecule has 1 aromatic heterocycles. The molecule has 4 nitrogen and oxygen atoms in total. The van der Waals surface area contributed by atoms with E-state index in [1.165, 1.54) is 6.07 Å². The summed E-state index contributed by atoms with van der Waals surface area (Å²) in [5.41, 5.74) is 2.60. The van der Waals surface area contributed by atoms with Crippen LogP contribution in [-0.2, 0) is 6.42 Å². The lowest BCUT2D eigenvalue weighted by molar-refractivity contribution is 0.0953. The summed E-state index contributed by atoms with van der Waals surface area (Å²) >= 11 is 0. The summed E-state index contributed by atoms with van der Waals surface area (Å²) in [5, 5.41) is 7.30. The van der Waals surface area contributed by atoms with Gasteiger partial charge >= 0.3 is 0 Å². The Morgan fingerprint density at radius 1 is 1.12 bits per heavy atom. The van der Waals surface area contributed by atoms with Crippen LogP contribution in [0, 0.1) is 12.7 Å². The van der Waals surface area contributed by atoms with Crippen molar-refractivity contribution in [3.8, 4) is 5.69 Å². The zero-order valence-corrected chi connectivity index (χ0v) is 13.4. The minimum absolute atomic E-state index is 0.269. The standard InChI is InChI=1S/C19H18FN3O/c1-14-17(8-5-9-18(14)20)19(24)21-12-10-15-11-13-23(22-15)16-6-3-2-4-7-16/h2-9,11,13H,10,12H2,1H3,(H,21,24). The Bertz CT molecular complexity index is 843. The fourth-order valence-corrected chi connectivity index (χ4v) is 2.47. The molecule has 0 aliphatic heterocycles. The van der Waals surface area contributed by atoms with Gasteiger partial charge in [-0.2, -0.15) is 5.10 Å². The molecule has 24 heavy (non-hydrogen) atoms. The van der Waals surface area contributed by atoms with Crippen LogP contribution >= 0.6 is 0 Å². The Labute approximate surface area is 139 Å². The molecule has 1 heterocycles. The molecule has 0 atom stereocenters. The maximum atomic E-state index is 13.5. The molecular weight excluding hydrogens is 305 g/mol. The zero-order chi connectivity index (χ0) is 16.9. The highest BCUT2D eigenvalue weighted by Gasteiger charge is 2.11. The summed E-state index contributed by atoms with van der Waals surface area (Å²) in [6, 6.07) is 16.3. The monoisotopic (exact) mass is 323 g/mol. The first-order valence-corrected chi connectivity index (χ1v) is 7.78. The molecule has 1 amide bonds. The van der Waals surface area contributed by atoms with E-state index in [0.29, 0.717) is 24.1 Å². The minimum Gasteiger partial charge on any atom is -0.352 e. The van der Waals surface area contributed by atoms with Gasteiger partial charge in [0, 0.05) is 24.7 Å². The highest BCUT2D eigenvalue weighted by molar-refractivity contribution is 5.95. The average Bonchev–Trinajstić information content (AvgIpc) is 3.07. The van der Waals surface area contributed by atoms with Gasteiger partial charge in [0.15, 0.2) is 0 Å². The minimum atomic E-state index is -0.371. The van der Waals surface area contributed by atoms with Gasteiger partial charge < -0.3 is 5.32 Å². The highest BCUT2D eigenvalue weighted by Crippen LogP contribution is 2.12. The summed E-state index contributed by atoms with van der Waals surface area (Å²) in [6.45, 7) is 2.05. The number of amides is 1. The molecular formula is C19H18FN3O. The van der Waals surface area contributed by atoms with Crippen molar-refractivity contribution < 1.29 is 9.18 Å². The first-order chi connectivity index (χ1) is 11.6. The molecule has 0 radical (unpaired) electrons. The maximum absolute atomic E-state index is 13.5. The van der Waals surface area contributed by atoms with Crippen LogP contribution in [0.2, 0.25) is 0 Å². The summed E-state index contributed by atoms with van der Waals surface area (Å²) in [5.74, 6) is -0.640. The van der Waals surface area contributed by atoms with Crippen LogP contribution in [0.1, 0.15) is 21.6 Å². The number of nitrogens with one attached hydrogen (secondary N) is 1. The van der Waals surface area contributed by atoms with Crippen LogP contribution in [0.5, 0.6) is 0 Å². The summed E-state index contributed by atoms with van der Waals surface area (Å²) in [4.78, 5) is 12.1. The maximum Gasteiger partial charge on any atom is 0.251 e. The zero-order valence-electron chi connectivity index (χ0n) is 13.4. The third-order valence-electron chi connectivity index (χ3n) is 3.84. The molecule has 0 aliphatic carbocycles. The predicted octanol–water partition coefficient (Wildman–Crippen LogP) is 3.29. The molecule has 0 unspecified atom stereocenters. The second-order valence-corrected chi connectivity index (χ2v) is 5.51. The van der Waals surface area contributed by atoms with E-state index in [9.17, 15) is 9.18 Å². The Morgan fingerprint density at radius 2 is 1.92 bits per heavy atom. The van der Waals surface area contributed by atoms with Gasteiger partial charge in [-0.25, -0.2) is 9.07 Å². The molecule has 3 aromatic rings. The number of hydrogen-bond donors (Lipinski definition) is 1. The summed E-state index contributed by atoms with van der Waals surface area (Å²) in [6.07, 6.45) is 2.50. The van der Waals surface area contributed by atoms with E-state index in [1.807, 2.05) is 42.6 Å². The van der Waals surface area contributed by atoms with Gasteiger partial charge in [0.05, 0.1) is 11.4 Å². The Hall–Kier alpha value is -2.95. The van der Waals surface area contributed by atoms with Crippen LogP contribution in [0.25, 0.3) is 5.69 Å². The number of hydrogen-bond acceptors (Lipinski definition) is 2. The quantitative estimate of drug-likeness (QED) is 0.783. The number of aromatic nitrogens is 2. The first kappa shape index (κ1) is 15.9. The van der Waals surface area contributed by atoms with E-state index >= 15 is 0 Å². The average molecular weight is 323 g/mol. The molecule has 0 saturated heterocycles. The third kappa shape index (κ3) is 3.51. The van der Waals surface area contributed by atoms with Crippen molar-refractivity contribution in [1.29, 1.82) is 0 Å². The summed E-state index contributed by atoms with van der Waals surface area (Å²) < 4.78 is 15.3. The molecule has 0 spiro atoms.